The molecule has 1 spiro atoms. The Labute approximate surface area is 142 Å². The third-order valence-corrected chi connectivity index (χ3v) is 6.41. The molecule has 0 aromatic rings. The van der Waals surface area contributed by atoms with Crippen LogP contribution in [0, 0.1) is 11.3 Å². The van der Waals surface area contributed by atoms with Crippen LogP contribution in [0.4, 0.5) is 0 Å². The molecule has 1 N–H and O–H groups in total. The van der Waals surface area contributed by atoms with Crippen molar-refractivity contribution in [1.82, 2.24) is 14.7 Å². The number of nitriles is 1. The van der Waals surface area contributed by atoms with Gasteiger partial charge in [0.15, 0.2) is 0 Å². The molecule has 2 saturated heterocycles. The lowest BCUT2D eigenvalue weighted by Gasteiger charge is -2.56. The lowest BCUT2D eigenvalue weighted by Crippen LogP contribution is -2.69. The predicted octanol–water partition coefficient (Wildman–Crippen LogP) is 0.516. The molecule has 7 heteroatoms. The molecule has 2 heterocycles. The molecule has 0 aromatic carbocycles. The predicted molar refractivity (Wildman–Crippen MR) is 87.2 cm³/mol. The first-order valence-electron chi connectivity index (χ1n) is 8.78. The molecule has 0 unspecified atom stereocenters. The van der Waals surface area contributed by atoms with Crippen LogP contribution in [-0.4, -0.2) is 82.5 Å². The number of carboxylic acids is 1. The number of hydrogen-bond donors (Lipinski definition) is 1. The summed E-state index contributed by atoms with van der Waals surface area (Å²) < 4.78 is 0. The summed E-state index contributed by atoms with van der Waals surface area (Å²) in [6.45, 7) is 3.06. The van der Waals surface area contributed by atoms with Crippen molar-refractivity contribution in [2.24, 2.45) is 0 Å². The van der Waals surface area contributed by atoms with Crippen molar-refractivity contribution in [3.05, 3.63) is 0 Å². The fraction of sp³-hybridized carbons (Fsp3) is 0.824. The summed E-state index contributed by atoms with van der Waals surface area (Å²) in [6, 6.07) is 2.09. The number of carbonyl (C=O) groups excluding carboxylic acids is 1. The average Bonchev–Trinajstić information content (AvgIpc) is 2.52. The molecular formula is C17H26N4O3. The van der Waals surface area contributed by atoms with Crippen LogP contribution in [0.15, 0.2) is 0 Å². The maximum Gasteiger partial charge on any atom is 0.305 e. The van der Waals surface area contributed by atoms with E-state index in [-0.39, 0.29) is 24.4 Å². The number of piperidine rings is 1. The number of carbonyl (C=O) groups is 2. The van der Waals surface area contributed by atoms with Crippen LogP contribution in [0.25, 0.3) is 0 Å². The van der Waals surface area contributed by atoms with Gasteiger partial charge >= 0.3 is 5.97 Å². The second kappa shape index (κ2) is 6.34. The normalized spacial score (nSPS) is 26.8. The Morgan fingerprint density at radius 2 is 1.88 bits per heavy atom. The molecule has 0 aromatic heterocycles. The van der Waals surface area contributed by atoms with E-state index in [1.54, 1.807) is 4.90 Å². The van der Waals surface area contributed by atoms with Gasteiger partial charge in [-0.2, -0.15) is 5.26 Å². The van der Waals surface area contributed by atoms with E-state index in [1.807, 2.05) is 7.05 Å². The van der Waals surface area contributed by atoms with Gasteiger partial charge in [0.2, 0.25) is 5.91 Å². The van der Waals surface area contributed by atoms with Gasteiger partial charge in [-0.25, -0.2) is 0 Å². The summed E-state index contributed by atoms with van der Waals surface area (Å²) in [5.74, 6) is -0.667. The molecule has 0 bridgehead atoms. The van der Waals surface area contributed by atoms with Crippen molar-refractivity contribution in [3.8, 4) is 6.07 Å². The van der Waals surface area contributed by atoms with Crippen molar-refractivity contribution < 1.29 is 14.7 Å². The van der Waals surface area contributed by atoms with Crippen molar-refractivity contribution in [2.45, 2.75) is 49.6 Å². The highest BCUT2D eigenvalue weighted by Gasteiger charge is 2.53. The van der Waals surface area contributed by atoms with Gasteiger partial charge in [0.25, 0.3) is 0 Å². The third-order valence-electron chi connectivity index (χ3n) is 6.41. The molecule has 7 nitrogen and oxygen atoms in total. The van der Waals surface area contributed by atoms with Gasteiger partial charge in [-0.3, -0.25) is 19.4 Å². The first-order chi connectivity index (χ1) is 11.4. The second-order valence-electron chi connectivity index (χ2n) is 7.47. The summed E-state index contributed by atoms with van der Waals surface area (Å²) in [4.78, 5) is 30.3. The summed E-state index contributed by atoms with van der Waals surface area (Å²) in [6.07, 6.45) is 4.60. The quantitative estimate of drug-likeness (QED) is 0.754. The zero-order valence-electron chi connectivity index (χ0n) is 14.3. The Bertz CT molecular complexity index is 559. The molecule has 3 aliphatic rings. The highest BCUT2D eigenvalue weighted by Crippen LogP contribution is 2.44. The monoisotopic (exact) mass is 334 g/mol. The zero-order chi connectivity index (χ0) is 17.4. The number of likely N-dealkylation sites (tertiary alicyclic amines) is 1. The topological polar surface area (TPSA) is 87.9 Å². The minimum Gasteiger partial charge on any atom is -0.481 e. The molecule has 3 rings (SSSR count). The van der Waals surface area contributed by atoms with E-state index in [4.69, 9.17) is 5.26 Å². The highest BCUT2D eigenvalue weighted by molar-refractivity contribution is 5.87. The van der Waals surface area contributed by atoms with E-state index in [9.17, 15) is 14.7 Å². The summed E-state index contributed by atoms with van der Waals surface area (Å²) in [5, 5.41) is 18.2. The maximum atomic E-state index is 12.9. The maximum absolute atomic E-state index is 12.9. The average molecular weight is 334 g/mol. The standard InChI is InChI=1S/C17H26N4O3/c1-19-11-12-20(10-7-18)15(24)17(19)5-8-21(9-6-17)16(3-2-4-16)13-14(22)23/h2-6,8-13H2,1H3,(H,22,23). The summed E-state index contributed by atoms with van der Waals surface area (Å²) in [7, 11) is 1.99. The SMILES string of the molecule is CN1CCN(CC#N)C(=O)C12CCN(C1(CC(=O)O)CCC1)CC2. The van der Waals surface area contributed by atoms with E-state index in [0.717, 1.165) is 38.9 Å². The van der Waals surface area contributed by atoms with E-state index in [0.29, 0.717) is 19.4 Å². The number of amides is 1. The number of nitrogens with zero attached hydrogens (tertiary/aromatic N) is 4. The Hall–Kier alpha value is -1.65. The van der Waals surface area contributed by atoms with Gasteiger partial charge in [-0.05, 0) is 39.2 Å². The lowest BCUT2D eigenvalue weighted by molar-refractivity contribution is -0.158. The van der Waals surface area contributed by atoms with Crippen LogP contribution >= 0.6 is 0 Å². The minimum absolute atomic E-state index is 0.0679. The van der Waals surface area contributed by atoms with E-state index in [2.05, 4.69) is 15.9 Å². The highest BCUT2D eigenvalue weighted by atomic mass is 16.4. The first kappa shape index (κ1) is 17.2. The fourth-order valence-corrected chi connectivity index (χ4v) is 4.70. The smallest absolute Gasteiger partial charge is 0.305 e. The Kier molecular flexibility index (Phi) is 4.54. The number of carboxylic acid groups (broad SMARTS) is 1. The van der Waals surface area contributed by atoms with E-state index in [1.165, 1.54) is 0 Å². The first-order valence-corrected chi connectivity index (χ1v) is 8.78. The molecule has 2 aliphatic heterocycles. The Balaban J connectivity index is 1.72. The zero-order valence-corrected chi connectivity index (χ0v) is 14.3. The van der Waals surface area contributed by atoms with Crippen molar-refractivity contribution in [3.63, 3.8) is 0 Å². The number of hydrogen-bond acceptors (Lipinski definition) is 5. The number of piperazine rings is 1. The number of aliphatic carboxylic acids is 1. The molecule has 24 heavy (non-hydrogen) atoms. The molecular weight excluding hydrogens is 308 g/mol. The van der Waals surface area contributed by atoms with Gasteiger partial charge < -0.3 is 10.0 Å². The van der Waals surface area contributed by atoms with Crippen LogP contribution < -0.4 is 0 Å². The molecule has 3 fully saturated rings. The molecule has 1 amide bonds. The summed E-state index contributed by atoms with van der Waals surface area (Å²) >= 11 is 0. The van der Waals surface area contributed by atoms with Gasteiger partial charge in [0.05, 0.1) is 12.5 Å². The Morgan fingerprint density at radius 3 is 2.38 bits per heavy atom. The van der Waals surface area contributed by atoms with Crippen LogP contribution in [-0.2, 0) is 9.59 Å². The Morgan fingerprint density at radius 1 is 1.21 bits per heavy atom. The molecule has 0 radical (unpaired) electrons. The lowest BCUT2D eigenvalue weighted by atomic mass is 9.70. The third kappa shape index (κ3) is 2.68. The van der Waals surface area contributed by atoms with Crippen LogP contribution in [0.3, 0.4) is 0 Å². The van der Waals surface area contributed by atoms with Crippen LogP contribution in [0.5, 0.6) is 0 Å². The van der Waals surface area contributed by atoms with Crippen LogP contribution in [0.1, 0.15) is 38.5 Å². The number of likely N-dealkylation sites (N-methyl/N-ethyl adjacent to an activating group) is 1. The minimum atomic E-state index is -0.735. The largest absolute Gasteiger partial charge is 0.481 e. The van der Waals surface area contributed by atoms with Gasteiger partial charge in [-0.1, -0.05) is 0 Å². The van der Waals surface area contributed by atoms with Gasteiger partial charge in [0.1, 0.15) is 12.1 Å². The van der Waals surface area contributed by atoms with Crippen LogP contribution in [0.2, 0.25) is 0 Å². The van der Waals surface area contributed by atoms with E-state index < -0.39 is 11.5 Å². The second-order valence-corrected chi connectivity index (χ2v) is 7.47. The van der Waals surface area contributed by atoms with Crippen molar-refractivity contribution in [2.75, 3.05) is 39.8 Å². The van der Waals surface area contributed by atoms with E-state index >= 15 is 0 Å². The molecule has 1 aliphatic carbocycles. The van der Waals surface area contributed by atoms with Gasteiger partial charge in [-0.15, -0.1) is 0 Å². The van der Waals surface area contributed by atoms with Gasteiger partial charge in [0, 0.05) is 31.7 Å². The fourth-order valence-electron chi connectivity index (χ4n) is 4.70. The number of rotatable bonds is 4. The molecule has 132 valence electrons. The summed E-state index contributed by atoms with van der Waals surface area (Å²) in [5.41, 5.74) is -0.712. The van der Waals surface area contributed by atoms with Crippen molar-refractivity contribution in [1.29, 1.82) is 5.26 Å². The van der Waals surface area contributed by atoms with Crippen molar-refractivity contribution >= 4 is 11.9 Å². The molecule has 1 saturated carbocycles. The molecule has 0 atom stereocenters.